The first-order chi connectivity index (χ1) is 12.2. The zero-order chi connectivity index (χ0) is 17.4. The van der Waals surface area contributed by atoms with Crippen LogP contribution in [0.25, 0.3) is 11.0 Å². The molecular formula is C20H22N2O3. The molecule has 5 heteroatoms. The highest BCUT2D eigenvalue weighted by Crippen LogP contribution is 2.32. The molecule has 0 radical (unpaired) electrons. The molecule has 0 saturated carbocycles. The highest BCUT2D eigenvalue weighted by atomic mass is 16.5. The van der Waals surface area contributed by atoms with E-state index >= 15 is 0 Å². The summed E-state index contributed by atoms with van der Waals surface area (Å²) in [5.41, 5.74) is 2.95. The van der Waals surface area contributed by atoms with Gasteiger partial charge in [0.05, 0.1) is 6.61 Å². The van der Waals surface area contributed by atoms with Crippen molar-refractivity contribution in [2.24, 2.45) is 0 Å². The summed E-state index contributed by atoms with van der Waals surface area (Å²) in [4.78, 5) is 14.8. The van der Waals surface area contributed by atoms with Crippen LogP contribution in [0.1, 0.15) is 41.7 Å². The van der Waals surface area contributed by atoms with Crippen LogP contribution in [-0.2, 0) is 17.8 Å². The fourth-order valence-corrected chi connectivity index (χ4v) is 3.66. The first-order valence-corrected chi connectivity index (χ1v) is 8.75. The first kappa shape index (κ1) is 16.0. The van der Waals surface area contributed by atoms with E-state index in [9.17, 15) is 4.79 Å². The van der Waals surface area contributed by atoms with Gasteiger partial charge in [-0.3, -0.25) is 4.90 Å². The number of furan rings is 1. The molecule has 25 heavy (non-hydrogen) atoms. The Bertz CT molecular complexity index is 909. The molecular weight excluding hydrogens is 316 g/mol. The van der Waals surface area contributed by atoms with Crippen molar-refractivity contribution < 1.29 is 13.9 Å². The number of aromatic nitrogens is 1. The van der Waals surface area contributed by atoms with Crippen molar-refractivity contribution in [1.82, 2.24) is 9.47 Å². The minimum Gasteiger partial charge on any atom is -0.460 e. The topological polar surface area (TPSA) is 47.6 Å². The standard InChI is InChI=1S/C20H22N2O3/c1-3-24-20(23)19-16(15-7-4-5-9-18(15)25-19)13-22-12-11-21-10-6-8-17(21)14(22)2/h4-10,14H,3,11-13H2,1-2H3/t14-/m1/s1. The second kappa shape index (κ2) is 6.41. The number of carbonyl (C=O) groups excluding carboxylic acids is 1. The minimum atomic E-state index is -0.387. The van der Waals surface area contributed by atoms with Gasteiger partial charge in [0.15, 0.2) is 0 Å². The van der Waals surface area contributed by atoms with Crippen LogP contribution in [0.4, 0.5) is 0 Å². The lowest BCUT2D eigenvalue weighted by molar-refractivity contribution is 0.0487. The number of hydrogen-bond acceptors (Lipinski definition) is 4. The molecule has 0 unspecified atom stereocenters. The summed E-state index contributed by atoms with van der Waals surface area (Å²) < 4.78 is 13.3. The predicted octanol–water partition coefficient (Wildman–Crippen LogP) is 3.99. The lowest BCUT2D eigenvalue weighted by Crippen LogP contribution is -2.36. The molecule has 0 bridgehead atoms. The Morgan fingerprint density at radius 2 is 2.08 bits per heavy atom. The number of benzene rings is 1. The molecule has 3 heterocycles. The maximum Gasteiger partial charge on any atom is 0.374 e. The van der Waals surface area contributed by atoms with Crippen molar-refractivity contribution in [2.75, 3.05) is 13.2 Å². The number of rotatable bonds is 4. The summed E-state index contributed by atoms with van der Waals surface area (Å²) in [6, 6.07) is 12.3. The minimum absolute atomic E-state index is 0.285. The third-order valence-electron chi connectivity index (χ3n) is 4.99. The van der Waals surface area contributed by atoms with Crippen LogP contribution in [0.15, 0.2) is 47.0 Å². The van der Waals surface area contributed by atoms with E-state index in [4.69, 9.17) is 9.15 Å². The Kier molecular flexibility index (Phi) is 4.09. The van der Waals surface area contributed by atoms with Gasteiger partial charge in [0, 0.05) is 48.5 Å². The Balaban J connectivity index is 1.71. The van der Waals surface area contributed by atoms with Gasteiger partial charge >= 0.3 is 5.97 Å². The number of ether oxygens (including phenoxy) is 1. The van der Waals surface area contributed by atoms with Crippen LogP contribution in [0.3, 0.4) is 0 Å². The van der Waals surface area contributed by atoms with Crippen LogP contribution < -0.4 is 0 Å². The quantitative estimate of drug-likeness (QED) is 0.675. The molecule has 1 atom stereocenters. The van der Waals surface area contributed by atoms with Gasteiger partial charge in [0.25, 0.3) is 0 Å². The number of fused-ring (bicyclic) bond motifs is 2. The van der Waals surface area contributed by atoms with E-state index in [1.54, 1.807) is 6.92 Å². The number of esters is 1. The van der Waals surface area contributed by atoms with Crippen molar-refractivity contribution in [1.29, 1.82) is 0 Å². The Morgan fingerprint density at radius 1 is 1.24 bits per heavy atom. The van der Waals surface area contributed by atoms with Crippen LogP contribution in [0, 0.1) is 0 Å². The molecule has 2 aromatic heterocycles. The summed E-state index contributed by atoms with van der Waals surface area (Å²) in [6.45, 7) is 6.90. The lowest BCUT2D eigenvalue weighted by Gasteiger charge is -2.34. The summed E-state index contributed by atoms with van der Waals surface area (Å²) in [5, 5.41) is 0.985. The SMILES string of the molecule is CCOC(=O)c1oc2ccccc2c1CN1CCn2cccc2[C@H]1C. The summed E-state index contributed by atoms with van der Waals surface area (Å²) in [7, 11) is 0. The molecule has 0 N–H and O–H groups in total. The Hall–Kier alpha value is -2.53. The van der Waals surface area contributed by atoms with Gasteiger partial charge in [-0.15, -0.1) is 0 Å². The van der Waals surface area contributed by atoms with Gasteiger partial charge in [-0.1, -0.05) is 18.2 Å². The highest BCUT2D eigenvalue weighted by molar-refractivity contribution is 5.96. The van der Waals surface area contributed by atoms with E-state index in [1.165, 1.54) is 5.69 Å². The van der Waals surface area contributed by atoms with E-state index in [1.807, 2.05) is 24.3 Å². The van der Waals surface area contributed by atoms with Crippen molar-refractivity contribution in [3.8, 4) is 0 Å². The molecule has 1 aliphatic heterocycles. The summed E-state index contributed by atoms with van der Waals surface area (Å²) in [6.07, 6.45) is 2.13. The number of hydrogen-bond donors (Lipinski definition) is 0. The van der Waals surface area contributed by atoms with Gasteiger partial charge in [-0.25, -0.2) is 4.79 Å². The van der Waals surface area contributed by atoms with Crippen LogP contribution >= 0.6 is 0 Å². The molecule has 0 spiro atoms. The monoisotopic (exact) mass is 338 g/mol. The zero-order valence-electron chi connectivity index (χ0n) is 14.6. The lowest BCUT2D eigenvalue weighted by atomic mass is 10.1. The molecule has 1 aliphatic rings. The van der Waals surface area contributed by atoms with E-state index in [-0.39, 0.29) is 12.0 Å². The van der Waals surface area contributed by atoms with Gasteiger partial charge in [-0.05, 0) is 32.0 Å². The second-order valence-electron chi connectivity index (χ2n) is 6.40. The number of nitrogens with zero attached hydrogens (tertiary/aromatic N) is 2. The van der Waals surface area contributed by atoms with Crippen LogP contribution in [0.2, 0.25) is 0 Å². The molecule has 4 rings (SSSR count). The van der Waals surface area contributed by atoms with Gasteiger partial charge in [0.1, 0.15) is 5.58 Å². The average Bonchev–Trinajstić information content (AvgIpc) is 3.23. The van der Waals surface area contributed by atoms with Crippen molar-refractivity contribution in [3.63, 3.8) is 0 Å². The van der Waals surface area contributed by atoms with E-state index in [0.29, 0.717) is 18.9 Å². The molecule has 130 valence electrons. The van der Waals surface area contributed by atoms with E-state index < -0.39 is 0 Å². The van der Waals surface area contributed by atoms with Gasteiger partial charge in [0.2, 0.25) is 5.76 Å². The van der Waals surface area contributed by atoms with Crippen molar-refractivity contribution >= 4 is 16.9 Å². The normalized spacial score (nSPS) is 17.6. The second-order valence-corrected chi connectivity index (χ2v) is 6.40. The third-order valence-corrected chi connectivity index (χ3v) is 4.99. The average molecular weight is 338 g/mol. The fraction of sp³-hybridized carbons (Fsp3) is 0.350. The summed E-state index contributed by atoms with van der Waals surface area (Å²) in [5.74, 6) is -0.0575. The maximum absolute atomic E-state index is 12.4. The Morgan fingerprint density at radius 3 is 2.92 bits per heavy atom. The van der Waals surface area contributed by atoms with Crippen molar-refractivity contribution in [3.05, 3.63) is 59.6 Å². The Labute approximate surface area is 146 Å². The molecule has 0 aliphatic carbocycles. The van der Waals surface area contributed by atoms with Crippen LogP contribution in [-0.4, -0.2) is 28.6 Å². The van der Waals surface area contributed by atoms with Gasteiger partial charge in [-0.2, -0.15) is 0 Å². The summed E-state index contributed by atoms with van der Waals surface area (Å²) >= 11 is 0. The molecule has 1 aromatic carbocycles. The largest absolute Gasteiger partial charge is 0.460 e. The van der Waals surface area contributed by atoms with Gasteiger partial charge < -0.3 is 13.7 Å². The highest BCUT2D eigenvalue weighted by Gasteiger charge is 2.28. The third kappa shape index (κ3) is 2.74. The first-order valence-electron chi connectivity index (χ1n) is 8.75. The van der Waals surface area contributed by atoms with E-state index in [2.05, 4.69) is 34.7 Å². The van der Waals surface area contributed by atoms with E-state index in [0.717, 1.165) is 29.6 Å². The van der Waals surface area contributed by atoms with Crippen molar-refractivity contribution in [2.45, 2.75) is 33.0 Å². The number of carbonyl (C=O) groups is 1. The zero-order valence-corrected chi connectivity index (χ0v) is 14.6. The molecule has 5 nitrogen and oxygen atoms in total. The maximum atomic E-state index is 12.4. The van der Waals surface area contributed by atoms with Crippen LogP contribution in [0.5, 0.6) is 0 Å². The molecule has 3 aromatic rings. The smallest absolute Gasteiger partial charge is 0.374 e. The number of para-hydroxylation sites is 1. The fourth-order valence-electron chi connectivity index (χ4n) is 3.66. The predicted molar refractivity (Wildman–Crippen MR) is 95.4 cm³/mol. The molecule has 0 fully saturated rings. The molecule has 0 saturated heterocycles. The molecule has 0 amide bonds.